The van der Waals surface area contributed by atoms with Gasteiger partial charge in [-0.05, 0) is 32.0 Å². The smallest absolute Gasteiger partial charge is 0.0819 e. The van der Waals surface area contributed by atoms with Gasteiger partial charge in [0.2, 0.25) is 0 Å². The third kappa shape index (κ3) is 2.84. The highest BCUT2D eigenvalue weighted by molar-refractivity contribution is 5.32. The largest absolute Gasteiger partial charge is 0.378 e. The SMILES string of the molecule is CCNC(c1cnnn1-c1ccccc1)C1CCOC1C. The number of para-hydroxylation sites is 1. The van der Waals surface area contributed by atoms with Gasteiger partial charge in [0.25, 0.3) is 0 Å². The van der Waals surface area contributed by atoms with Crippen LogP contribution in [0.4, 0.5) is 0 Å². The molecule has 1 saturated heterocycles. The van der Waals surface area contributed by atoms with Crippen LogP contribution in [0.5, 0.6) is 0 Å². The second kappa shape index (κ2) is 6.37. The molecule has 1 fully saturated rings. The van der Waals surface area contributed by atoms with Crippen LogP contribution in [0.15, 0.2) is 36.5 Å². The predicted octanol–water partition coefficient (Wildman–Crippen LogP) is 2.34. The average Bonchev–Trinajstić information content (AvgIpc) is 3.15. The maximum absolute atomic E-state index is 5.75. The van der Waals surface area contributed by atoms with Crippen molar-refractivity contribution in [3.8, 4) is 5.69 Å². The Kier molecular flexibility index (Phi) is 4.31. The highest BCUT2D eigenvalue weighted by Crippen LogP contribution is 2.33. The van der Waals surface area contributed by atoms with Gasteiger partial charge >= 0.3 is 0 Å². The Bertz CT molecular complexity index is 569. The molecule has 5 heteroatoms. The van der Waals surface area contributed by atoms with E-state index in [1.54, 1.807) is 0 Å². The molecule has 0 spiro atoms. The molecule has 3 unspecified atom stereocenters. The van der Waals surface area contributed by atoms with Gasteiger partial charge in [-0.2, -0.15) is 0 Å². The van der Waals surface area contributed by atoms with Crippen LogP contribution in [0, 0.1) is 5.92 Å². The van der Waals surface area contributed by atoms with Gasteiger partial charge in [-0.3, -0.25) is 0 Å². The van der Waals surface area contributed by atoms with Crippen LogP contribution >= 0.6 is 0 Å². The second-order valence-corrected chi connectivity index (χ2v) is 5.47. The van der Waals surface area contributed by atoms with Crippen molar-refractivity contribution in [2.45, 2.75) is 32.4 Å². The number of ether oxygens (including phenoxy) is 1. The van der Waals surface area contributed by atoms with E-state index in [0.717, 1.165) is 31.0 Å². The maximum atomic E-state index is 5.75. The van der Waals surface area contributed by atoms with E-state index < -0.39 is 0 Å². The highest BCUT2D eigenvalue weighted by atomic mass is 16.5. The molecular weight excluding hydrogens is 264 g/mol. The molecule has 0 radical (unpaired) electrons. The molecule has 0 saturated carbocycles. The van der Waals surface area contributed by atoms with Crippen molar-refractivity contribution >= 4 is 0 Å². The van der Waals surface area contributed by atoms with E-state index in [2.05, 4.69) is 41.6 Å². The first kappa shape index (κ1) is 14.2. The fourth-order valence-corrected chi connectivity index (χ4v) is 3.11. The number of rotatable bonds is 5. The fraction of sp³-hybridized carbons (Fsp3) is 0.500. The Morgan fingerprint density at radius 3 is 2.86 bits per heavy atom. The van der Waals surface area contributed by atoms with E-state index in [1.165, 1.54) is 0 Å². The molecule has 1 aromatic carbocycles. The molecule has 0 amide bonds. The van der Waals surface area contributed by atoms with Gasteiger partial charge in [-0.1, -0.05) is 30.3 Å². The summed E-state index contributed by atoms with van der Waals surface area (Å²) in [5.74, 6) is 0.450. The first-order valence-electron chi connectivity index (χ1n) is 7.62. The third-order valence-electron chi connectivity index (χ3n) is 4.18. The lowest BCUT2D eigenvalue weighted by molar-refractivity contribution is 0.0948. The normalized spacial score (nSPS) is 23.3. The van der Waals surface area contributed by atoms with Crippen LogP contribution in [-0.4, -0.2) is 34.2 Å². The molecule has 1 aromatic heterocycles. The summed E-state index contributed by atoms with van der Waals surface area (Å²) in [4.78, 5) is 0. The number of aromatic nitrogens is 3. The minimum atomic E-state index is 0.211. The first-order chi connectivity index (χ1) is 10.3. The molecule has 21 heavy (non-hydrogen) atoms. The van der Waals surface area contributed by atoms with E-state index >= 15 is 0 Å². The van der Waals surface area contributed by atoms with Gasteiger partial charge in [0.05, 0.1) is 29.7 Å². The molecular formula is C16H22N4O. The van der Waals surface area contributed by atoms with E-state index in [0.29, 0.717) is 5.92 Å². The molecule has 1 N–H and O–H groups in total. The molecule has 0 bridgehead atoms. The van der Waals surface area contributed by atoms with Gasteiger partial charge < -0.3 is 10.1 Å². The van der Waals surface area contributed by atoms with Crippen molar-refractivity contribution in [1.82, 2.24) is 20.3 Å². The summed E-state index contributed by atoms with van der Waals surface area (Å²) in [6, 6.07) is 10.4. The Morgan fingerprint density at radius 1 is 1.38 bits per heavy atom. The topological polar surface area (TPSA) is 52.0 Å². The number of benzene rings is 1. The van der Waals surface area contributed by atoms with E-state index in [1.807, 2.05) is 29.1 Å². The van der Waals surface area contributed by atoms with Crippen molar-refractivity contribution in [2.24, 2.45) is 5.92 Å². The second-order valence-electron chi connectivity index (χ2n) is 5.47. The van der Waals surface area contributed by atoms with E-state index in [4.69, 9.17) is 4.74 Å². The summed E-state index contributed by atoms with van der Waals surface area (Å²) in [6.45, 7) is 6.03. The molecule has 1 aliphatic rings. The molecule has 112 valence electrons. The van der Waals surface area contributed by atoms with Gasteiger partial charge in [-0.25, -0.2) is 4.68 Å². The Labute approximate surface area is 125 Å². The average molecular weight is 286 g/mol. The minimum Gasteiger partial charge on any atom is -0.378 e. The standard InChI is InChI=1S/C16H22N4O/c1-3-17-16(14-9-10-21-12(14)2)15-11-18-19-20(15)13-7-5-4-6-8-13/h4-8,11-12,14,16-17H,3,9-10H2,1-2H3. The Morgan fingerprint density at radius 2 is 2.19 bits per heavy atom. The van der Waals surface area contributed by atoms with Gasteiger partial charge in [0, 0.05) is 12.5 Å². The summed E-state index contributed by atoms with van der Waals surface area (Å²) in [7, 11) is 0. The predicted molar refractivity (Wildman–Crippen MR) is 81.3 cm³/mol. The van der Waals surface area contributed by atoms with Gasteiger partial charge in [0.1, 0.15) is 0 Å². The van der Waals surface area contributed by atoms with Crippen molar-refractivity contribution in [1.29, 1.82) is 0 Å². The molecule has 2 heterocycles. The van der Waals surface area contributed by atoms with Crippen molar-refractivity contribution in [2.75, 3.05) is 13.2 Å². The van der Waals surface area contributed by atoms with Crippen LogP contribution < -0.4 is 5.32 Å². The van der Waals surface area contributed by atoms with E-state index in [-0.39, 0.29) is 12.1 Å². The molecule has 5 nitrogen and oxygen atoms in total. The Balaban J connectivity index is 1.95. The lowest BCUT2D eigenvalue weighted by atomic mass is 9.91. The molecule has 3 atom stereocenters. The van der Waals surface area contributed by atoms with Crippen LogP contribution in [0.3, 0.4) is 0 Å². The minimum absolute atomic E-state index is 0.211. The highest BCUT2D eigenvalue weighted by Gasteiger charge is 2.34. The fourth-order valence-electron chi connectivity index (χ4n) is 3.11. The number of nitrogens with zero attached hydrogens (tertiary/aromatic N) is 3. The maximum Gasteiger partial charge on any atom is 0.0819 e. The number of hydrogen-bond acceptors (Lipinski definition) is 4. The van der Waals surface area contributed by atoms with Gasteiger partial charge in [-0.15, -0.1) is 5.10 Å². The van der Waals surface area contributed by atoms with Crippen molar-refractivity contribution in [3.05, 3.63) is 42.2 Å². The lowest BCUT2D eigenvalue weighted by Crippen LogP contribution is -2.33. The van der Waals surface area contributed by atoms with Crippen molar-refractivity contribution in [3.63, 3.8) is 0 Å². The molecule has 3 rings (SSSR count). The molecule has 1 aliphatic heterocycles. The molecule has 0 aliphatic carbocycles. The van der Waals surface area contributed by atoms with Gasteiger partial charge in [0.15, 0.2) is 0 Å². The summed E-state index contributed by atoms with van der Waals surface area (Å²) in [5.41, 5.74) is 2.14. The zero-order valence-electron chi connectivity index (χ0n) is 12.6. The third-order valence-corrected chi connectivity index (χ3v) is 4.18. The van der Waals surface area contributed by atoms with Crippen LogP contribution in [0.1, 0.15) is 32.0 Å². The van der Waals surface area contributed by atoms with Crippen LogP contribution in [0.25, 0.3) is 5.69 Å². The number of hydrogen-bond donors (Lipinski definition) is 1. The lowest BCUT2D eigenvalue weighted by Gasteiger charge is -2.26. The zero-order valence-corrected chi connectivity index (χ0v) is 12.6. The first-order valence-corrected chi connectivity index (χ1v) is 7.62. The summed E-state index contributed by atoms with van der Waals surface area (Å²) in [5, 5.41) is 12.0. The van der Waals surface area contributed by atoms with E-state index in [9.17, 15) is 0 Å². The summed E-state index contributed by atoms with van der Waals surface area (Å²) < 4.78 is 7.68. The van der Waals surface area contributed by atoms with Crippen LogP contribution in [0.2, 0.25) is 0 Å². The quantitative estimate of drug-likeness (QED) is 0.916. The zero-order chi connectivity index (χ0) is 14.7. The monoisotopic (exact) mass is 286 g/mol. The van der Waals surface area contributed by atoms with Crippen molar-refractivity contribution < 1.29 is 4.74 Å². The Hall–Kier alpha value is -1.72. The number of nitrogens with one attached hydrogen (secondary N) is 1. The summed E-state index contributed by atoms with van der Waals surface area (Å²) >= 11 is 0. The molecule has 2 aromatic rings. The van der Waals surface area contributed by atoms with Crippen LogP contribution in [-0.2, 0) is 4.74 Å². The summed E-state index contributed by atoms with van der Waals surface area (Å²) in [6.07, 6.45) is 3.19.